The van der Waals surface area contributed by atoms with Crippen molar-refractivity contribution < 1.29 is 30.8 Å². The Balaban J connectivity index is 2.51. The molecular formula is C9H9F6NO. The zero-order chi connectivity index (χ0) is 13.1. The number of halogens is 6. The van der Waals surface area contributed by atoms with Crippen LogP contribution in [-0.2, 0) is 6.54 Å². The zero-order valence-electron chi connectivity index (χ0n) is 8.40. The molecule has 0 aromatic carbocycles. The number of hydrogen-bond acceptors (Lipinski definition) is 2. The van der Waals surface area contributed by atoms with E-state index in [1.165, 1.54) is 18.4 Å². The Hall–Kier alpha value is -1.18. The SMILES string of the molecule is FC(F)(F)C(CNCc1ccco1)C(F)(F)F. The van der Waals surface area contributed by atoms with Gasteiger partial charge in [-0.25, -0.2) is 0 Å². The first-order valence-electron chi connectivity index (χ1n) is 4.58. The summed E-state index contributed by atoms with van der Waals surface area (Å²) >= 11 is 0. The van der Waals surface area contributed by atoms with Crippen molar-refractivity contribution in [1.82, 2.24) is 5.32 Å². The first kappa shape index (κ1) is 13.9. The number of hydrogen-bond donors (Lipinski definition) is 1. The van der Waals surface area contributed by atoms with E-state index in [4.69, 9.17) is 4.42 Å². The molecule has 0 aliphatic heterocycles. The van der Waals surface area contributed by atoms with Gasteiger partial charge in [-0.1, -0.05) is 0 Å². The monoisotopic (exact) mass is 261 g/mol. The minimum atomic E-state index is -5.31. The Morgan fingerprint density at radius 2 is 1.71 bits per heavy atom. The molecule has 0 aliphatic rings. The predicted molar refractivity (Wildman–Crippen MR) is 46.0 cm³/mol. The van der Waals surface area contributed by atoms with E-state index in [1.807, 2.05) is 0 Å². The van der Waals surface area contributed by atoms with E-state index in [0.717, 1.165) is 0 Å². The number of furan rings is 1. The molecule has 8 heteroatoms. The molecule has 0 aliphatic carbocycles. The molecule has 0 atom stereocenters. The van der Waals surface area contributed by atoms with Crippen LogP contribution in [0.25, 0.3) is 0 Å². The van der Waals surface area contributed by atoms with Crippen LogP contribution < -0.4 is 5.32 Å². The smallest absolute Gasteiger partial charge is 0.401 e. The molecule has 2 nitrogen and oxygen atoms in total. The first-order chi connectivity index (χ1) is 7.71. The quantitative estimate of drug-likeness (QED) is 0.842. The molecule has 0 bridgehead atoms. The molecule has 17 heavy (non-hydrogen) atoms. The molecule has 0 saturated heterocycles. The van der Waals surface area contributed by atoms with Crippen molar-refractivity contribution >= 4 is 0 Å². The fraction of sp³-hybridized carbons (Fsp3) is 0.556. The highest BCUT2D eigenvalue weighted by atomic mass is 19.4. The largest absolute Gasteiger partial charge is 0.468 e. The van der Waals surface area contributed by atoms with Crippen LogP contribution in [0.2, 0.25) is 0 Å². The average molecular weight is 261 g/mol. The highest BCUT2D eigenvalue weighted by Crippen LogP contribution is 2.38. The van der Waals surface area contributed by atoms with Gasteiger partial charge in [-0.2, -0.15) is 26.3 Å². The lowest BCUT2D eigenvalue weighted by Gasteiger charge is -2.22. The summed E-state index contributed by atoms with van der Waals surface area (Å²) in [5.41, 5.74) is 0. The summed E-state index contributed by atoms with van der Waals surface area (Å²) in [5, 5.41) is 2.07. The lowest BCUT2D eigenvalue weighted by molar-refractivity contribution is -0.282. The van der Waals surface area contributed by atoms with Gasteiger partial charge in [-0.05, 0) is 12.1 Å². The van der Waals surface area contributed by atoms with Gasteiger partial charge in [0, 0.05) is 6.54 Å². The molecule has 0 unspecified atom stereocenters. The van der Waals surface area contributed by atoms with Crippen LogP contribution in [0.15, 0.2) is 22.8 Å². The molecule has 0 radical (unpaired) electrons. The van der Waals surface area contributed by atoms with Crippen molar-refractivity contribution in [3.05, 3.63) is 24.2 Å². The molecule has 0 saturated carbocycles. The van der Waals surface area contributed by atoms with E-state index < -0.39 is 24.8 Å². The van der Waals surface area contributed by atoms with E-state index in [9.17, 15) is 26.3 Å². The Morgan fingerprint density at radius 3 is 2.12 bits per heavy atom. The minimum absolute atomic E-state index is 0.185. The summed E-state index contributed by atoms with van der Waals surface area (Å²) in [5.74, 6) is -3.10. The molecule has 0 spiro atoms. The Kier molecular flexibility index (Phi) is 4.07. The molecule has 1 heterocycles. The molecule has 98 valence electrons. The normalized spacial score (nSPS) is 13.4. The predicted octanol–water partition coefficient (Wildman–Crippen LogP) is 3.11. The van der Waals surface area contributed by atoms with Crippen LogP contribution in [0.1, 0.15) is 5.76 Å². The average Bonchev–Trinajstić information content (AvgIpc) is 2.60. The minimum Gasteiger partial charge on any atom is -0.468 e. The van der Waals surface area contributed by atoms with Gasteiger partial charge < -0.3 is 9.73 Å². The molecule has 1 N–H and O–H groups in total. The van der Waals surface area contributed by atoms with Gasteiger partial charge in [0.15, 0.2) is 5.92 Å². The summed E-state index contributed by atoms with van der Waals surface area (Å²) in [4.78, 5) is 0. The maximum Gasteiger partial charge on any atom is 0.401 e. The van der Waals surface area contributed by atoms with Crippen LogP contribution in [-0.4, -0.2) is 18.9 Å². The molecule has 0 amide bonds. The van der Waals surface area contributed by atoms with Crippen LogP contribution in [0.3, 0.4) is 0 Å². The van der Waals surface area contributed by atoms with E-state index >= 15 is 0 Å². The Labute approximate surface area is 92.6 Å². The summed E-state index contributed by atoms with van der Waals surface area (Å²) in [6, 6.07) is 2.94. The van der Waals surface area contributed by atoms with Gasteiger partial charge in [0.1, 0.15) is 5.76 Å². The molecule has 1 aromatic rings. The highest BCUT2D eigenvalue weighted by molar-refractivity contribution is 4.97. The number of rotatable bonds is 4. The third-order valence-corrected chi connectivity index (χ3v) is 2.02. The summed E-state index contributed by atoms with van der Waals surface area (Å²) in [7, 11) is 0. The second kappa shape index (κ2) is 4.99. The number of nitrogens with one attached hydrogen (secondary N) is 1. The Morgan fingerprint density at radius 1 is 1.12 bits per heavy atom. The van der Waals surface area contributed by atoms with Crippen LogP contribution >= 0.6 is 0 Å². The maximum atomic E-state index is 12.1. The lowest BCUT2D eigenvalue weighted by atomic mass is 10.1. The van der Waals surface area contributed by atoms with E-state index in [1.54, 1.807) is 0 Å². The molecule has 0 fully saturated rings. The Bertz CT molecular complexity index is 314. The standard InChI is InChI=1S/C9H9F6NO/c10-8(11,12)7(9(13,14)15)5-16-4-6-2-1-3-17-6/h1-3,7,16H,4-5H2. The van der Waals surface area contributed by atoms with Crippen molar-refractivity contribution in [2.45, 2.75) is 18.9 Å². The summed E-state index contributed by atoms with van der Waals surface area (Å²) in [6.45, 7) is -1.41. The van der Waals surface area contributed by atoms with Crippen molar-refractivity contribution in [2.75, 3.05) is 6.54 Å². The zero-order valence-corrected chi connectivity index (χ0v) is 8.40. The fourth-order valence-electron chi connectivity index (χ4n) is 1.17. The van der Waals surface area contributed by atoms with Crippen LogP contribution in [0.5, 0.6) is 0 Å². The van der Waals surface area contributed by atoms with Gasteiger partial charge >= 0.3 is 12.4 Å². The van der Waals surface area contributed by atoms with Crippen LogP contribution in [0, 0.1) is 5.92 Å². The second-order valence-corrected chi connectivity index (χ2v) is 3.35. The van der Waals surface area contributed by atoms with E-state index in [-0.39, 0.29) is 12.3 Å². The van der Waals surface area contributed by atoms with Crippen molar-refractivity contribution in [3.63, 3.8) is 0 Å². The van der Waals surface area contributed by atoms with Crippen molar-refractivity contribution in [3.8, 4) is 0 Å². The van der Waals surface area contributed by atoms with Gasteiger partial charge in [0.2, 0.25) is 0 Å². The van der Waals surface area contributed by atoms with Crippen molar-refractivity contribution in [2.24, 2.45) is 5.92 Å². The third kappa shape index (κ3) is 4.29. The summed E-state index contributed by atoms with van der Waals surface area (Å²) < 4.78 is 77.4. The fourth-order valence-corrected chi connectivity index (χ4v) is 1.17. The lowest BCUT2D eigenvalue weighted by Crippen LogP contribution is -2.43. The number of alkyl halides is 6. The third-order valence-electron chi connectivity index (χ3n) is 2.02. The van der Waals surface area contributed by atoms with Gasteiger partial charge in [-0.15, -0.1) is 0 Å². The highest BCUT2D eigenvalue weighted by Gasteiger charge is 2.56. The topological polar surface area (TPSA) is 25.2 Å². The summed E-state index contributed by atoms with van der Waals surface area (Å²) in [6.07, 6.45) is -9.34. The molecule has 1 aromatic heterocycles. The van der Waals surface area contributed by atoms with Crippen LogP contribution in [0.4, 0.5) is 26.3 Å². The van der Waals surface area contributed by atoms with Gasteiger partial charge in [0.25, 0.3) is 0 Å². The first-order valence-corrected chi connectivity index (χ1v) is 4.58. The van der Waals surface area contributed by atoms with Crippen molar-refractivity contribution in [1.29, 1.82) is 0 Å². The maximum absolute atomic E-state index is 12.1. The molecular weight excluding hydrogens is 252 g/mol. The van der Waals surface area contributed by atoms with E-state index in [2.05, 4.69) is 5.32 Å². The molecule has 1 rings (SSSR count). The van der Waals surface area contributed by atoms with Gasteiger partial charge in [-0.3, -0.25) is 0 Å². The van der Waals surface area contributed by atoms with Gasteiger partial charge in [0.05, 0.1) is 12.8 Å². The second-order valence-electron chi connectivity index (χ2n) is 3.35. The van der Waals surface area contributed by atoms with E-state index in [0.29, 0.717) is 0 Å².